The summed E-state index contributed by atoms with van der Waals surface area (Å²) in [6, 6.07) is 5.82. The van der Waals surface area contributed by atoms with Gasteiger partial charge in [-0.2, -0.15) is 0 Å². The number of carboxylic acids is 1. The Kier molecular flexibility index (Phi) is 5.01. The van der Waals surface area contributed by atoms with Crippen LogP contribution in [0.1, 0.15) is 42.5 Å². The smallest absolute Gasteiger partial charge is 0.326 e. The van der Waals surface area contributed by atoms with E-state index >= 15 is 0 Å². The Hall–Kier alpha value is -1.55. The summed E-state index contributed by atoms with van der Waals surface area (Å²) in [4.78, 5) is 23.6. The van der Waals surface area contributed by atoms with Crippen molar-refractivity contribution in [2.24, 2.45) is 5.92 Å². The van der Waals surface area contributed by atoms with Crippen LogP contribution in [0.4, 0.5) is 0 Å². The number of carboxylic acid groups (broad SMARTS) is 1. The van der Waals surface area contributed by atoms with Crippen LogP contribution >= 0.6 is 11.6 Å². The average molecular weight is 296 g/mol. The van der Waals surface area contributed by atoms with E-state index in [1.165, 1.54) is 0 Å². The molecule has 2 rings (SSSR count). The quantitative estimate of drug-likeness (QED) is 0.897. The Balaban J connectivity index is 2.10. The van der Waals surface area contributed by atoms with Gasteiger partial charge in [0.25, 0.3) is 5.91 Å². The Morgan fingerprint density at radius 2 is 1.85 bits per heavy atom. The monoisotopic (exact) mass is 295 g/mol. The fourth-order valence-corrected chi connectivity index (χ4v) is 2.93. The van der Waals surface area contributed by atoms with Crippen molar-refractivity contribution < 1.29 is 14.7 Å². The lowest BCUT2D eigenvalue weighted by atomic mass is 9.84. The van der Waals surface area contributed by atoms with E-state index in [1.54, 1.807) is 24.3 Å². The fraction of sp³-hybridized carbons (Fsp3) is 0.467. The summed E-state index contributed by atoms with van der Waals surface area (Å²) in [5.41, 5.74) is 0.316. The summed E-state index contributed by atoms with van der Waals surface area (Å²) < 4.78 is 0. The molecule has 4 nitrogen and oxygen atoms in total. The molecule has 0 radical (unpaired) electrons. The molecule has 0 heterocycles. The van der Waals surface area contributed by atoms with Crippen LogP contribution in [0.2, 0.25) is 5.02 Å². The second kappa shape index (κ2) is 6.75. The van der Waals surface area contributed by atoms with Crippen LogP contribution in [-0.4, -0.2) is 23.0 Å². The lowest BCUT2D eigenvalue weighted by molar-refractivity contribution is -0.141. The first-order valence-electron chi connectivity index (χ1n) is 6.88. The molecule has 1 aliphatic carbocycles. The number of hydrogen-bond donors (Lipinski definition) is 2. The lowest BCUT2D eigenvalue weighted by Gasteiger charge is -2.28. The maximum atomic E-state index is 12.2. The molecule has 1 aromatic carbocycles. The lowest BCUT2D eigenvalue weighted by Crippen LogP contribution is -2.46. The van der Waals surface area contributed by atoms with Gasteiger partial charge in [0.2, 0.25) is 0 Å². The number of amides is 1. The van der Waals surface area contributed by atoms with Crippen LogP contribution < -0.4 is 5.32 Å². The predicted molar refractivity (Wildman–Crippen MR) is 76.9 cm³/mol. The summed E-state index contributed by atoms with van der Waals surface area (Å²) in [7, 11) is 0. The SMILES string of the molecule is O=C(NC(C(=O)O)C1CCCCC1)c1ccccc1Cl. The highest BCUT2D eigenvalue weighted by Crippen LogP contribution is 2.27. The van der Waals surface area contributed by atoms with E-state index in [0.29, 0.717) is 10.6 Å². The van der Waals surface area contributed by atoms with Gasteiger partial charge in [-0.3, -0.25) is 4.79 Å². The Morgan fingerprint density at radius 3 is 2.45 bits per heavy atom. The highest BCUT2D eigenvalue weighted by Gasteiger charge is 2.31. The normalized spacial score (nSPS) is 17.4. The second-order valence-electron chi connectivity index (χ2n) is 5.17. The van der Waals surface area contributed by atoms with Crippen molar-refractivity contribution in [3.63, 3.8) is 0 Å². The number of carbonyl (C=O) groups excluding carboxylic acids is 1. The molecule has 0 bridgehead atoms. The first-order chi connectivity index (χ1) is 9.59. The van der Waals surface area contributed by atoms with Crippen LogP contribution in [-0.2, 0) is 4.79 Å². The molecule has 1 aromatic rings. The molecule has 1 fully saturated rings. The molecule has 108 valence electrons. The zero-order chi connectivity index (χ0) is 14.5. The molecule has 5 heteroatoms. The minimum absolute atomic E-state index is 0.00712. The summed E-state index contributed by atoms with van der Waals surface area (Å²) in [5, 5.41) is 12.3. The molecule has 1 atom stereocenters. The van der Waals surface area contributed by atoms with E-state index in [0.717, 1.165) is 32.1 Å². The zero-order valence-corrected chi connectivity index (χ0v) is 11.9. The molecule has 1 saturated carbocycles. The first kappa shape index (κ1) is 14.9. The van der Waals surface area contributed by atoms with Crippen LogP contribution in [0.3, 0.4) is 0 Å². The van der Waals surface area contributed by atoms with Gasteiger partial charge in [-0.05, 0) is 30.9 Å². The van der Waals surface area contributed by atoms with Crippen molar-refractivity contribution in [2.75, 3.05) is 0 Å². The van der Waals surface area contributed by atoms with E-state index < -0.39 is 17.9 Å². The standard InChI is InChI=1S/C15H18ClNO3/c16-12-9-5-4-8-11(12)14(18)17-13(15(19)20)10-6-2-1-3-7-10/h4-5,8-10,13H,1-3,6-7H2,(H,17,18)(H,19,20). The van der Waals surface area contributed by atoms with Crippen molar-refractivity contribution in [2.45, 2.75) is 38.1 Å². The third kappa shape index (κ3) is 3.51. The molecule has 0 aromatic heterocycles. The van der Waals surface area contributed by atoms with Crippen molar-refractivity contribution in [1.82, 2.24) is 5.32 Å². The van der Waals surface area contributed by atoms with Crippen molar-refractivity contribution in [1.29, 1.82) is 0 Å². The first-order valence-corrected chi connectivity index (χ1v) is 7.25. The molecule has 2 N–H and O–H groups in total. The van der Waals surface area contributed by atoms with Gasteiger partial charge in [0.05, 0.1) is 10.6 Å². The number of halogens is 1. The maximum absolute atomic E-state index is 12.2. The van der Waals surface area contributed by atoms with E-state index in [9.17, 15) is 14.7 Å². The van der Waals surface area contributed by atoms with E-state index in [2.05, 4.69) is 5.32 Å². The van der Waals surface area contributed by atoms with Crippen LogP contribution in [0.5, 0.6) is 0 Å². The third-order valence-electron chi connectivity index (χ3n) is 3.79. The Bertz CT molecular complexity index is 498. The largest absolute Gasteiger partial charge is 0.480 e. The van der Waals surface area contributed by atoms with E-state index in [1.807, 2.05) is 0 Å². The third-order valence-corrected chi connectivity index (χ3v) is 4.12. The summed E-state index contributed by atoms with van der Waals surface area (Å²) >= 11 is 5.96. The molecular weight excluding hydrogens is 278 g/mol. The fourth-order valence-electron chi connectivity index (χ4n) is 2.71. The van der Waals surface area contributed by atoms with E-state index in [-0.39, 0.29) is 5.92 Å². The Labute approximate surface area is 123 Å². The molecule has 0 aliphatic heterocycles. The average Bonchev–Trinajstić information content (AvgIpc) is 2.45. The minimum atomic E-state index is -0.975. The van der Waals surface area contributed by atoms with Gasteiger partial charge in [0, 0.05) is 0 Å². The zero-order valence-electron chi connectivity index (χ0n) is 11.1. The topological polar surface area (TPSA) is 66.4 Å². The predicted octanol–water partition coefficient (Wildman–Crippen LogP) is 3.10. The van der Waals surface area contributed by atoms with Gasteiger partial charge in [0.1, 0.15) is 6.04 Å². The molecule has 1 aliphatic rings. The molecule has 1 unspecified atom stereocenters. The molecule has 0 spiro atoms. The van der Waals surface area contributed by atoms with Crippen LogP contribution in [0.25, 0.3) is 0 Å². The van der Waals surface area contributed by atoms with Gasteiger partial charge < -0.3 is 10.4 Å². The van der Waals surface area contributed by atoms with Gasteiger partial charge in [-0.1, -0.05) is 43.0 Å². The van der Waals surface area contributed by atoms with Gasteiger partial charge in [-0.15, -0.1) is 0 Å². The second-order valence-corrected chi connectivity index (χ2v) is 5.57. The number of carbonyl (C=O) groups is 2. The van der Waals surface area contributed by atoms with Crippen molar-refractivity contribution >= 4 is 23.5 Å². The maximum Gasteiger partial charge on any atom is 0.326 e. The van der Waals surface area contributed by atoms with E-state index in [4.69, 9.17) is 11.6 Å². The summed E-state index contributed by atoms with van der Waals surface area (Å²) in [6.45, 7) is 0. The molecule has 20 heavy (non-hydrogen) atoms. The summed E-state index contributed by atoms with van der Waals surface area (Å²) in [6.07, 6.45) is 4.88. The number of rotatable bonds is 4. The van der Waals surface area contributed by atoms with Gasteiger partial charge in [-0.25, -0.2) is 4.79 Å². The molecule has 1 amide bonds. The Morgan fingerprint density at radius 1 is 1.20 bits per heavy atom. The highest BCUT2D eigenvalue weighted by atomic mass is 35.5. The number of nitrogens with one attached hydrogen (secondary N) is 1. The highest BCUT2D eigenvalue weighted by molar-refractivity contribution is 6.33. The number of aliphatic carboxylic acids is 1. The molecule has 0 saturated heterocycles. The number of benzene rings is 1. The minimum Gasteiger partial charge on any atom is -0.480 e. The number of hydrogen-bond acceptors (Lipinski definition) is 2. The van der Waals surface area contributed by atoms with Gasteiger partial charge >= 0.3 is 5.97 Å². The summed E-state index contributed by atoms with van der Waals surface area (Å²) in [5.74, 6) is -1.39. The van der Waals surface area contributed by atoms with Crippen LogP contribution in [0, 0.1) is 5.92 Å². The molecular formula is C15H18ClNO3. The van der Waals surface area contributed by atoms with Crippen molar-refractivity contribution in [3.8, 4) is 0 Å². The van der Waals surface area contributed by atoms with Crippen molar-refractivity contribution in [3.05, 3.63) is 34.9 Å². The van der Waals surface area contributed by atoms with Crippen LogP contribution in [0.15, 0.2) is 24.3 Å². The van der Waals surface area contributed by atoms with Gasteiger partial charge in [0.15, 0.2) is 0 Å².